The van der Waals surface area contributed by atoms with Crippen molar-refractivity contribution in [2.45, 2.75) is 26.3 Å². The van der Waals surface area contributed by atoms with Crippen molar-refractivity contribution < 1.29 is 14.7 Å². The van der Waals surface area contributed by atoms with Crippen LogP contribution in [0.25, 0.3) is 10.2 Å². The van der Waals surface area contributed by atoms with Crippen molar-refractivity contribution in [1.29, 1.82) is 0 Å². The summed E-state index contributed by atoms with van der Waals surface area (Å²) in [5.74, 6) is -1.37. The fourth-order valence-corrected chi connectivity index (χ4v) is 4.06. The smallest absolute Gasteiger partial charge is 0.326 e. The molecule has 0 aliphatic carbocycles. The molecule has 3 rings (SSSR count). The Hall–Kier alpha value is -2.44. The van der Waals surface area contributed by atoms with Crippen molar-refractivity contribution in [2.75, 3.05) is 0 Å². The lowest BCUT2D eigenvalue weighted by atomic mass is 10.1. The van der Waals surface area contributed by atoms with Gasteiger partial charge in [0.1, 0.15) is 6.04 Å². The number of aromatic nitrogens is 1. The van der Waals surface area contributed by atoms with Gasteiger partial charge in [-0.25, -0.2) is 4.79 Å². The van der Waals surface area contributed by atoms with Crippen LogP contribution in [0.5, 0.6) is 0 Å². The average Bonchev–Trinajstić information content (AvgIpc) is 2.93. The molecule has 1 atom stereocenters. The molecule has 7 heteroatoms. The van der Waals surface area contributed by atoms with Gasteiger partial charge in [-0.05, 0) is 43.7 Å². The van der Waals surface area contributed by atoms with E-state index >= 15 is 0 Å². The van der Waals surface area contributed by atoms with Gasteiger partial charge in [0.15, 0.2) is 4.80 Å². The van der Waals surface area contributed by atoms with E-state index in [0.717, 1.165) is 10.3 Å². The molecule has 26 heavy (non-hydrogen) atoms. The first kappa shape index (κ1) is 18.4. The topological polar surface area (TPSA) is 71.7 Å². The number of aryl methyl sites for hydroxylation is 1. The Labute approximate surface area is 159 Å². The van der Waals surface area contributed by atoms with Crippen LogP contribution in [0, 0.1) is 6.92 Å². The van der Waals surface area contributed by atoms with Crippen LogP contribution >= 0.6 is 22.9 Å². The maximum absolute atomic E-state index is 12.6. The number of nitrogens with zero attached hydrogens (tertiary/aromatic N) is 2. The van der Waals surface area contributed by atoms with Gasteiger partial charge >= 0.3 is 5.97 Å². The normalized spacial score (nSPS) is 13.1. The molecule has 1 unspecified atom stereocenters. The molecule has 5 nitrogen and oxygen atoms in total. The summed E-state index contributed by atoms with van der Waals surface area (Å²) in [6, 6.07) is 11.5. The van der Waals surface area contributed by atoms with Crippen LogP contribution in [-0.4, -0.2) is 21.6 Å². The molecule has 1 N–H and O–H groups in total. The number of benzene rings is 2. The van der Waals surface area contributed by atoms with Crippen molar-refractivity contribution in [3.63, 3.8) is 0 Å². The van der Waals surface area contributed by atoms with Crippen LogP contribution in [-0.2, 0) is 4.79 Å². The van der Waals surface area contributed by atoms with Crippen molar-refractivity contribution in [2.24, 2.45) is 4.99 Å². The van der Waals surface area contributed by atoms with Crippen molar-refractivity contribution >= 4 is 45.0 Å². The summed E-state index contributed by atoms with van der Waals surface area (Å²) in [6.45, 7) is 3.73. The third-order valence-corrected chi connectivity index (χ3v) is 5.32. The molecule has 0 radical (unpaired) electrons. The third-order valence-electron chi connectivity index (χ3n) is 4.07. The number of thiazole rings is 1. The summed E-state index contributed by atoms with van der Waals surface area (Å²) in [6.07, 6.45) is 0.371. The summed E-state index contributed by atoms with van der Waals surface area (Å²) in [4.78, 5) is 28.8. The fraction of sp³-hybridized carbons (Fsp3) is 0.211. The zero-order valence-electron chi connectivity index (χ0n) is 14.3. The molecule has 0 saturated heterocycles. The number of fused-ring (bicyclic) bond motifs is 1. The van der Waals surface area contributed by atoms with Gasteiger partial charge in [-0.3, -0.25) is 4.79 Å². The molecule has 0 bridgehead atoms. The zero-order valence-corrected chi connectivity index (χ0v) is 15.8. The number of carbonyl (C=O) groups is 2. The molecule has 0 aliphatic rings. The lowest BCUT2D eigenvalue weighted by Crippen LogP contribution is -2.27. The van der Waals surface area contributed by atoms with Crippen LogP contribution < -0.4 is 4.80 Å². The van der Waals surface area contributed by atoms with Gasteiger partial charge in [-0.15, -0.1) is 0 Å². The van der Waals surface area contributed by atoms with Gasteiger partial charge in [0, 0.05) is 10.6 Å². The van der Waals surface area contributed by atoms with Crippen LogP contribution in [0.2, 0.25) is 5.02 Å². The number of halogens is 1. The lowest BCUT2D eigenvalue weighted by molar-refractivity contribution is -0.140. The second kappa shape index (κ2) is 7.43. The number of hydrogen-bond acceptors (Lipinski definition) is 3. The second-order valence-electron chi connectivity index (χ2n) is 5.91. The van der Waals surface area contributed by atoms with E-state index in [1.165, 1.54) is 11.3 Å². The average molecular weight is 389 g/mol. The van der Waals surface area contributed by atoms with Gasteiger partial charge in [-0.2, -0.15) is 4.99 Å². The molecule has 134 valence electrons. The fourth-order valence-electron chi connectivity index (χ4n) is 2.71. The van der Waals surface area contributed by atoms with Crippen molar-refractivity contribution in [3.8, 4) is 0 Å². The summed E-state index contributed by atoms with van der Waals surface area (Å²) in [7, 11) is 0. The van der Waals surface area contributed by atoms with Gasteiger partial charge in [-0.1, -0.05) is 47.6 Å². The van der Waals surface area contributed by atoms with Gasteiger partial charge in [0.25, 0.3) is 5.91 Å². The first-order chi connectivity index (χ1) is 12.4. The summed E-state index contributed by atoms with van der Waals surface area (Å²) in [5.41, 5.74) is 2.20. The maximum atomic E-state index is 12.6. The summed E-state index contributed by atoms with van der Waals surface area (Å²) >= 11 is 7.31. The van der Waals surface area contributed by atoms with E-state index < -0.39 is 17.9 Å². The highest BCUT2D eigenvalue weighted by Crippen LogP contribution is 2.25. The van der Waals surface area contributed by atoms with Gasteiger partial charge in [0.05, 0.1) is 10.2 Å². The highest BCUT2D eigenvalue weighted by atomic mass is 35.5. The largest absolute Gasteiger partial charge is 0.480 e. The number of carboxylic acid groups (broad SMARTS) is 1. The highest BCUT2D eigenvalue weighted by Gasteiger charge is 2.22. The van der Waals surface area contributed by atoms with Crippen LogP contribution in [0.3, 0.4) is 0 Å². The first-order valence-electron chi connectivity index (χ1n) is 8.10. The summed E-state index contributed by atoms with van der Waals surface area (Å²) in [5, 5.41) is 10.1. The number of aliphatic carboxylic acids is 1. The molecular formula is C19H17ClN2O3S. The van der Waals surface area contributed by atoms with E-state index in [2.05, 4.69) is 4.99 Å². The van der Waals surface area contributed by atoms with E-state index in [-0.39, 0.29) is 0 Å². The standard InChI is InChI=1S/C19H17ClN2O3S/c1-3-14(18(24)25)22-15-9-8-13(20)10-16(15)26-19(22)21-17(23)12-6-4-11(2)5-7-12/h4-10,14H,3H2,1-2H3,(H,24,25)/b21-19-. The molecule has 0 aliphatic heterocycles. The molecule has 1 heterocycles. The monoisotopic (exact) mass is 388 g/mol. The van der Waals surface area contributed by atoms with Crippen molar-refractivity contribution in [1.82, 2.24) is 4.57 Å². The molecule has 0 spiro atoms. The first-order valence-corrected chi connectivity index (χ1v) is 9.29. The predicted molar refractivity (Wildman–Crippen MR) is 103 cm³/mol. The molecule has 1 aromatic heterocycles. The molecule has 0 fully saturated rings. The molecule has 1 amide bonds. The Morgan fingerprint density at radius 3 is 2.54 bits per heavy atom. The number of amides is 1. The number of rotatable bonds is 4. The van der Waals surface area contributed by atoms with E-state index in [1.54, 1.807) is 41.8 Å². The molecule has 2 aromatic carbocycles. The van der Waals surface area contributed by atoms with E-state index in [1.807, 2.05) is 19.1 Å². The van der Waals surface area contributed by atoms with Gasteiger partial charge in [0.2, 0.25) is 0 Å². The molecule has 0 saturated carbocycles. The Bertz CT molecular complexity index is 1050. The minimum atomic E-state index is -0.966. The Kier molecular flexibility index (Phi) is 5.25. The predicted octanol–water partition coefficient (Wildman–Crippen LogP) is 4.44. The Morgan fingerprint density at radius 1 is 1.23 bits per heavy atom. The Balaban J connectivity index is 2.22. The van der Waals surface area contributed by atoms with E-state index in [4.69, 9.17) is 11.6 Å². The SMILES string of the molecule is CCC(C(=O)O)n1/c(=N/C(=O)c2ccc(C)cc2)sc2cc(Cl)ccc21. The lowest BCUT2D eigenvalue weighted by Gasteiger charge is -2.13. The minimum absolute atomic E-state index is 0.349. The third kappa shape index (κ3) is 3.57. The van der Waals surface area contributed by atoms with Crippen LogP contribution in [0.15, 0.2) is 47.5 Å². The second-order valence-corrected chi connectivity index (χ2v) is 7.36. The minimum Gasteiger partial charge on any atom is -0.480 e. The summed E-state index contributed by atoms with van der Waals surface area (Å²) < 4.78 is 2.39. The maximum Gasteiger partial charge on any atom is 0.326 e. The highest BCUT2D eigenvalue weighted by molar-refractivity contribution is 7.16. The van der Waals surface area contributed by atoms with Crippen LogP contribution in [0.1, 0.15) is 35.3 Å². The zero-order chi connectivity index (χ0) is 18.8. The Morgan fingerprint density at radius 2 is 1.92 bits per heavy atom. The van der Waals surface area contributed by atoms with E-state index in [0.29, 0.717) is 27.3 Å². The number of carbonyl (C=O) groups excluding carboxylic acids is 1. The molecule has 3 aromatic rings. The quantitative estimate of drug-likeness (QED) is 0.718. The van der Waals surface area contributed by atoms with Crippen molar-refractivity contribution in [3.05, 3.63) is 63.4 Å². The van der Waals surface area contributed by atoms with Gasteiger partial charge < -0.3 is 9.67 Å². The number of hydrogen-bond donors (Lipinski definition) is 1. The van der Waals surface area contributed by atoms with E-state index in [9.17, 15) is 14.7 Å². The number of carboxylic acids is 1. The molecular weight excluding hydrogens is 372 g/mol. The van der Waals surface area contributed by atoms with Crippen LogP contribution in [0.4, 0.5) is 0 Å².